The van der Waals surface area contributed by atoms with E-state index in [4.69, 9.17) is 9.79 Å². The van der Waals surface area contributed by atoms with Gasteiger partial charge in [0.25, 0.3) is 0 Å². The Balaban J connectivity index is 0. The first kappa shape index (κ1) is 24.3. The number of rotatable bonds is 13. The van der Waals surface area contributed by atoms with Crippen LogP contribution in [0.15, 0.2) is 0 Å². The average Bonchev–Trinajstić information content (AvgIpc) is 2.44. The fourth-order valence-electron chi connectivity index (χ4n) is 2.03. The Morgan fingerprint density at radius 2 is 1.50 bits per heavy atom. The molecule has 5 nitrogen and oxygen atoms in total. The van der Waals surface area contributed by atoms with Crippen LogP contribution in [0.5, 0.6) is 0 Å². The molecule has 0 bridgehead atoms. The molecular weight excluding hydrogens is 301 g/mol. The summed E-state index contributed by atoms with van der Waals surface area (Å²) in [6.45, 7) is 10.1. The summed E-state index contributed by atoms with van der Waals surface area (Å²) in [6.07, 6.45) is 10.5. The highest BCUT2D eigenvalue weighted by Gasteiger charge is 2.12. The third-order valence-corrected chi connectivity index (χ3v) is 3.82. The Bertz CT molecular complexity index is 259. The number of nitrogens with one attached hydrogen (secondary N) is 1. The van der Waals surface area contributed by atoms with E-state index in [1.54, 1.807) is 0 Å². The van der Waals surface area contributed by atoms with E-state index in [1.807, 2.05) is 0 Å². The molecule has 0 fully saturated rings. The normalized spacial score (nSPS) is 12.6. The van der Waals surface area contributed by atoms with Crippen LogP contribution in [-0.4, -0.2) is 29.0 Å². The van der Waals surface area contributed by atoms with Crippen LogP contribution in [0.25, 0.3) is 0 Å². The van der Waals surface area contributed by atoms with Crippen LogP contribution in [0.1, 0.15) is 85.5 Å². The third-order valence-electron chi connectivity index (χ3n) is 3.30. The highest BCUT2D eigenvalue weighted by Crippen LogP contribution is 2.35. The van der Waals surface area contributed by atoms with Gasteiger partial charge in [0.1, 0.15) is 0 Å². The van der Waals surface area contributed by atoms with Crippen molar-refractivity contribution in [1.82, 2.24) is 5.32 Å². The van der Waals surface area contributed by atoms with Crippen molar-refractivity contribution in [3.63, 3.8) is 0 Å². The smallest absolute Gasteiger partial charge is 0.315 e. The van der Waals surface area contributed by atoms with E-state index >= 15 is 0 Å². The molecule has 0 saturated carbocycles. The minimum Gasteiger partial charge on any atom is -0.315 e. The van der Waals surface area contributed by atoms with Crippen molar-refractivity contribution in [3.8, 4) is 0 Å². The highest BCUT2D eigenvalue weighted by atomic mass is 31.2. The molecule has 3 N–H and O–H groups in total. The van der Waals surface area contributed by atoms with Crippen LogP contribution in [0.3, 0.4) is 0 Å². The summed E-state index contributed by atoms with van der Waals surface area (Å²) in [4.78, 5) is 16.7. The van der Waals surface area contributed by atoms with Crippen LogP contribution in [0.2, 0.25) is 0 Å². The Hall–Kier alpha value is 0.0700. The van der Waals surface area contributed by atoms with E-state index in [0.29, 0.717) is 0 Å². The van der Waals surface area contributed by atoms with E-state index in [0.717, 1.165) is 31.8 Å². The molecule has 0 saturated heterocycles. The zero-order valence-electron chi connectivity index (χ0n) is 15.0. The second-order valence-electron chi connectivity index (χ2n) is 5.69. The maximum Gasteiger partial charge on any atom is 0.469 e. The molecule has 0 aromatic carbocycles. The molecule has 22 heavy (non-hydrogen) atoms. The lowest BCUT2D eigenvalue weighted by Gasteiger charge is -2.09. The number of unbranched alkanes of at least 4 members (excludes halogenated alkanes) is 6. The summed E-state index contributed by atoms with van der Waals surface area (Å²) < 4.78 is 14.5. The fourth-order valence-corrected chi connectivity index (χ4v) is 2.39. The minimum absolute atomic E-state index is 0.163. The molecule has 0 amide bonds. The first-order valence-corrected chi connectivity index (χ1v) is 10.3. The minimum atomic E-state index is -4.23. The Morgan fingerprint density at radius 3 is 2.00 bits per heavy atom. The van der Waals surface area contributed by atoms with Gasteiger partial charge in [-0.05, 0) is 26.3 Å². The van der Waals surface area contributed by atoms with E-state index in [-0.39, 0.29) is 6.61 Å². The maximum atomic E-state index is 10.2. The summed E-state index contributed by atoms with van der Waals surface area (Å²) in [5, 5.41) is 3.38. The van der Waals surface area contributed by atoms with Gasteiger partial charge >= 0.3 is 7.82 Å². The number of hydrogen-bond acceptors (Lipinski definition) is 3. The van der Waals surface area contributed by atoms with Crippen molar-refractivity contribution in [2.75, 3.05) is 13.2 Å². The third kappa shape index (κ3) is 25.0. The van der Waals surface area contributed by atoms with E-state index < -0.39 is 7.82 Å². The van der Waals surface area contributed by atoms with Gasteiger partial charge in [-0.2, -0.15) is 0 Å². The molecule has 136 valence electrons. The van der Waals surface area contributed by atoms with Gasteiger partial charge in [-0.25, -0.2) is 4.57 Å². The van der Waals surface area contributed by atoms with E-state index in [1.165, 1.54) is 38.5 Å². The molecule has 1 atom stereocenters. The molecule has 0 aliphatic carbocycles. The van der Waals surface area contributed by atoms with Crippen LogP contribution < -0.4 is 5.32 Å². The largest absolute Gasteiger partial charge is 0.469 e. The first-order chi connectivity index (χ1) is 10.4. The van der Waals surface area contributed by atoms with Gasteiger partial charge in [-0.1, -0.05) is 65.7 Å². The molecule has 0 aromatic heterocycles. The summed E-state index contributed by atoms with van der Waals surface area (Å²) in [5.74, 6) is 0. The van der Waals surface area contributed by atoms with Crippen molar-refractivity contribution < 1.29 is 18.9 Å². The van der Waals surface area contributed by atoms with Gasteiger partial charge in [0.05, 0.1) is 6.61 Å². The molecule has 6 heteroatoms. The summed E-state index contributed by atoms with van der Waals surface area (Å²) in [7, 11) is -4.23. The molecule has 0 aliphatic rings. The molecule has 0 spiro atoms. The second kappa shape index (κ2) is 17.4. The monoisotopic (exact) mass is 339 g/mol. The number of phosphoric ester groups is 1. The van der Waals surface area contributed by atoms with Crippen molar-refractivity contribution >= 4 is 7.82 Å². The van der Waals surface area contributed by atoms with Gasteiger partial charge < -0.3 is 15.1 Å². The number of hydrogen-bond donors (Lipinski definition) is 3. The number of phosphoric acid groups is 1. The van der Waals surface area contributed by atoms with Gasteiger partial charge in [0.2, 0.25) is 0 Å². The molecule has 0 heterocycles. The van der Waals surface area contributed by atoms with Crippen LogP contribution >= 0.6 is 7.82 Å². The Labute approximate surface area is 137 Å². The van der Waals surface area contributed by atoms with Gasteiger partial charge in [0, 0.05) is 6.04 Å². The molecule has 0 rings (SSSR count). The van der Waals surface area contributed by atoms with Crippen LogP contribution in [0.4, 0.5) is 0 Å². The lowest BCUT2D eigenvalue weighted by molar-refractivity contribution is 0.193. The topological polar surface area (TPSA) is 78.8 Å². The van der Waals surface area contributed by atoms with Gasteiger partial charge in [-0.3, -0.25) is 4.52 Å². The van der Waals surface area contributed by atoms with Crippen LogP contribution in [0, 0.1) is 0 Å². The molecular formula is C16H38NO4P. The predicted octanol–water partition coefficient (Wildman–Crippen LogP) is 4.63. The first-order valence-electron chi connectivity index (χ1n) is 8.80. The Kier molecular flexibility index (Phi) is 19.3. The second-order valence-corrected chi connectivity index (χ2v) is 6.93. The van der Waals surface area contributed by atoms with Crippen molar-refractivity contribution in [2.45, 2.75) is 91.5 Å². The van der Waals surface area contributed by atoms with E-state index in [2.05, 4.69) is 37.5 Å². The highest BCUT2D eigenvalue weighted by molar-refractivity contribution is 7.46. The standard InChI is InChI=1S/C8H19N.C8H19O4P/c1-4-6-7-8(3)9-5-2;1-2-3-4-5-6-7-8-12-13(9,10)11/h8-9H,4-7H2,1-3H3;2-8H2,1H3,(H2,9,10,11). The van der Waals surface area contributed by atoms with Gasteiger partial charge in [-0.15, -0.1) is 0 Å². The van der Waals surface area contributed by atoms with Crippen LogP contribution in [-0.2, 0) is 9.09 Å². The summed E-state index contributed by atoms with van der Waals surface area (Å²) in [6, 6.07) is 0.718. The lowest BCUT2D eigenvalue weighted by atomic mass is 10.1. The van der Waals surface area contributed by atoms with Crippen molar-refractivity contribution in [2.24, 2.45) is 0 Å². The molecule has 1 unspecified atom stereocenters. The zero-order valence-corrected chi connectivity index (χ0v) is 15.9. The fraction of sp³-hybridized carbons (Fsp3) is 1.00. The predicted molar refractivity (Wildman–Crippen MR) is 94.0 cm³/mol. The quantitative estimate of drug-likeness (QED) is 0.337. The molecule has 0 aliphatic heterocycles. The van der Waals surface area contributed by atoms with Gasteiger partial charge in [0.15, 0.2) is 0 Å². The SMILES string of the molecule is CCCCC(C)NCC.CCCCCCCCOP(=O)(O)O. The van der Waals surface area contributed by atoms with Crippen molar-refractivity contribution in [1.29, 1.82) is 0 Å². The zero-order chi connectivity index (χ0) is 17.3. The average molecular weight is 339 g/mol. The lowest BCUT2D eigenvalue weighted by Crippen LogP contribution is -2.25. The van der Waals surface area contributed by atoms with Crippen molar-refractivity contribution in [3.05, 3.63) is 0 Å². The molecule has 0 aromatic rings. The molecule has 0 radical (unpaired) electrons. The van der Waals surface area contributed by atoms with E-state index in [9.17, 15) is 4.57 Å². The Morgan fingerprint density at radius 1 is 0.955 bits per heavy atom. The summed E-state index contributed by atoms with van der Waals surface area (Å²) in [5.41, 5.74) is 0. The maximum absolute atomic E-state index is 10.2. The summed E-state index contributed by atoms with van der Waals surface area (Å²) >= 11 is 0.